The van der Waals surface area contributed by atoms with Gasteiger partial charge in [-0.15, -0.1) is 0 Å². The van der Waals surface area contributed by atoms with Crippen LogP contribution in [0.5, 0.6) is 11.5 Å². The molecule has 1 rings (SSSR count). The van der Waals surface area contributed by atoms with Crippen molar-refractivity contribution in [3.63, 3.8) is 0 Å². The van der Waals surface area contributed by atoms with Gasteiger partial charge in [0.2, 0.25) is 0 Å². The van der Waals surface area contributed by atoms with Crippen LogP contribution in [0.3, 0.4) is 0 Å². The Morgan fingerprint density at radius 1 is 1.29 bits per heavy atom. The Labute approximate surface area is 96.9 Å². The van der Waals surface area contributed by atoms with E-state index >= 15 is 0 Å². The van der Waals surface area contributed by atoms with Gasteiger partial charge in [0.25, 0.3) is 0 Å². The summed E-state index contributed by atoms with van der Waals surface area (Å²) >= 11 is 0. The average molecular weight is 249 g/mol. The van der Waals surface area contributed by atoms with E-state index in [0.29, 0.717) is 5.56 Å². The SMILES string of the molecule is CC(CC(F)(F)F)NCc1cccc(O)c1O. The van der Waals surface area contributed by atoms with E-state index < -0.39 is 18.6 Å². The fraction of sp³-hybridized carbons (Fsp3) is 0.455. The van der Waals surface area contributed by atoms with Crippen molar-refractivity contribution in [2.24, 2.45) is 0 Å². The summed E-state index contributed by atoms with van der Waals surface area (Å²) in [6.45, 7) is 1.48. The van der Waals surface area contributed by atoms with Gasteiger partial charge in [0.15, 0.2) is 11.5 Å². The van der Waals surface area contributed by atoms with E-state index in [2.05, 4.69) is 5.32 Å². The quantitative estimate of drug-likeness (QED) is 0.719. The number of phenolic OH excluding ortho intramolecular Hbond substituents is 2. The van der Waals surface area contributed by atoms with E-state index in [1.54, 1.807) is 0 Å². The first kappa shape index (κ1) is 13.6. The van der Waals surface area contributed by atoms with E-state index in [-0.39, 0.29) is 18.0 Å². The van der Waals surface area contributed by atoms with E-state index in [1.165, 1.54) is 25.1 Å². The maximum absolute atomic E-state index is 12.0. The number of hydrogen-bond acceptors (Lipinski definition) is 3. The first-order chi connectivity index (χ1) is 7.79. The number of alkyl halides is 3. The summed E-state index contributed by atoms with van der Waals surface area (Å²) in [7, 11) is 0. The van der Waals surface area contributed by atoms with Crippen LogP contribution < -0.4 is 5.32 Å². The molecule has 0 fully saturated rings. The summed E-state index contributed by atoms with van der Waals surface area (Å²) in [6, 6.07) is 3.60. The number of benzene rings is 1. The molecule has 0 saturated carbocycles. The summed E-state index contributed by atoms with van der Waals surface area (Å²) < 4.78 is 36.1. The summed E-state index contributed by atoms with van der Waals surface area (Å²) in [4.78, 5) is 0. The van der Waals surface area contributed by atoms with E-state index in [0.717, 1.165) is 0 Å². The molecule has 0 spiro atoms. The standard InChI is InChI=1S/C11H14F3NO2/c1-7(5-11(12,13)14)15-6-8-3-2-4-9(16)10(8)17/h2-4,7,15-17H,5-6H2,1H3. The Hall–Kier alpha value is -1.43. The van der Waals surface area contributed by atoms with Gasteiger partial charge in [-0.3, -0.25) is 0 Å². The van der Waals surface area contributed by atoms with Crippen molar-refractivity contribution in [1.82, 2.24) is 5.32 Å². The smallest absolute Gasteiger partial charge is 0.390 e. The summed E-state index contributed by atoms with van der Waals surface area (Å²) in [5.41, 5.74) is 0.360. The van der Waals surface area contributed by atoms with Gasteiger partial charge in [-0.05, 0) is 13.0 Å². The number of nitrogens with one attached hydrogen (secondary N) is 1. The highest BCUT2D eigenvalue weighted by Crippen LogP contribution is 2.28. The first-order valence-corrected chi connectivity index (χ1v) is 5.09. The number of phenols is 2. The molecule has 0 aliphatic rings. The van der Waals surface area contributed by atoms with Crippen molar-refractivity contribution >= 4 is 0 Å². The zero-order valence-corrected chi connectivity index (χ0v) is 9.25. The molecule has 3 N–H and O–H groups in total. The molecule has 3 nitrogen and oxygen atoms in total. The van der Waals surface area contributed by atoms with Crippen LogP contribution in [0.4, 0.5) is 13.2 Å². The van der Waals surface area contributed by atoms with Gasteiger partial charge in [0.1, 0.15) is 0 Å². The van der Waals surface area contributed by atoms with Crippen LogP contribution in [0.1, 0.15) is 18.9 Å². The summed E-state index contributed by atoms with van der Waals surface area (Å²) in [5.74, 6) is -0.591. The Morgan fingerprint density at radius 3 is 2.53 bits per heavy atom. The maximum Gasteiger partial charge on any atom is 0.390 e. The van der Waals surface area contributed by atoms with Crippen LogP contribution >= 0.6 is 0 Å². The van der Waals surface area contributed by atoms with Gasteiger partial charge < -0.3 is 15.5 Å². The topological polar surface area (TPSA) is 52.5 Å². The molecule has 1 aromatic rings. The lowest BCUT2D eigenvalue weighted by molar-refractivity contribution is -0.139. The van der Waals surface area contributed by atoms with Crippen molar-refractivity contribution < 1.29 is 23.4 Å². The van der Waals surface area contributed by atoms with E-state index in [1.807, 2.05) is 0 Å². The minimum absolute atomic E-state index is 0.0669. The number of halogens is 3. The van der Waals surface area contributed by atoms with Crippen molar-refractivity contribution in [3.8, 4) is 11.5 Å². The molecule has 0 radical (unpaired) electrons. The molecule has 17 heavy (non-hydrogen) atoms. The third-order valence-corrected chi connectivity index (χ3v) is 2.28. The van der Waals surface area contributed by atoms with Crippen molar-refractivity contribution in [3.05, 3.63) is 23.8 Å². The van der Waals surface area contributed by atoms with Crippen LogP contribution in [0.25, 0.3) is 0 Å². The molecule has 1 unspecified atom stereocenters. The zero-order valence-electron chi connectivity index (χ0n) is 9.25. The van der Waals surface area contributed by atoms with Gasteiger partial charge in [-0.1, -0.05) is 12.1 Å². The highest BCUT2D eigenvalue weighted by molar-refractivity contribution is 5.44. The second-order valence-electron chi connectivity index (χ2n) is 3.89. The van der Waals surface area contributed by atoms with Gasteiger partial charge >= 0.3 is 6.18 Å². The maximum atomic E-state index is 12.0. The van der Waals surface area contributed by atoms with Gasteiger partial charge in [-0.25, -0.2) is 0 Å². The van der Waals surface area contributed by atoms with Gasteiger partial charge in [-0.2, -0.15) is 13.2 Å². The second-order valence-corrected chi connectivity index (χ2v) is 3.89. The zero-order chi connectivity index (χ0) is 13.1. The minimum Gasteiger partial charge on any atom is -0.504 e. The molecule has 0 heterocycles. The van der Waals surface area contributed by atoms with Crippen LogP contribution in [0.2, 0.25) is 0 Å². The average Bonchev–Trinajstić information content (AvgIpc) is 2.18. The van der Waals surface area contributed by atoms with E-state index in [9.17, 15) is 23.4 Å². The van der Waals surface area contributed by atoms with Crippen LogP contribution in [0, 0.1) is 0 Å². The monoisotopic (exact) mass is 249 g/mol. The van der Waals surface area contributed by atoms with E-state index in [4.69, 9.17) is 0 Å². The minimum atomic E-state index is -4.21. The summed E-state index contributed by atoms with van der Waals surface area (Å²) in [6.07, 6.45) is -5.15. The molecule has 1 aromatic carbocycles. The number of aromatic hydroxyl groups is 2. The lowest BCUT2D eigenvalue weighted by Gasteiger charge is -2.16. The molecule has 1 atom stereocenters. The molecular weight excluding hydrogens is 235 g/mol. The Bertz CT molecular complexity index is 379. The fourth-order valence-corrected chi connectivity index (χ4v) is 1.42. The lowest BCUT2D eigenvalue weighted by Crippen LogP contribution is -2.30. The number of para-hydroxylation sites is 1. The summed E-state index contributed by atoms with van der Waals surface area (Å²) in [5, 5.41) is 21.3. The number of hydrogen-bond donors (Lipinski definition) is 3. The number of rotatable bonds is 4. The Balaban J connectivity index is 2.53. The molecule has 0 aliphatic carbocycles. The lowest BCUT2D eigenvalue weighted by atomic mass is 10.1. The van der Waals surface area contributed by atoms with Crippen LogP contribution in [-0.4, -0.2) is 22.4 Å². The molecule has 0 bridgehead atoms. The van der Waals surface area contributed by atoms with Crippen molar-refractivity contribution in [2.75, 3.05) is 0 Å². The molecule has 0 aromatic heterocycles. The Kier molecular flexibility index (Phi) is 4.22. The predicted octanol–water partition coefficient (Wildman–Crippen LogP) is 2.53. The third kappa shape index (κ3) is 4.52. The molecule has 0 amide bonds. The molecule has 0 aliphatic heterocycles. The normalized spacial score (nSPS) is 13.6. The predicted molar refractivity (Wildman–Crippen MR) is 56.7 cm³/mol. The van der Waals surface area contributed by atoms with Crippen LogP contribution in [-0.2, 0) is 6.54 Å². The highest BCUT2D eigenvalue weighted by Gasteiger charge is 2.29. The third-order valence-electron chi connectivity index (χ3n) is 2.28. The van der Waals surface area contributed by atoms with Crippen molar-refractivity contribution in [2.45, 2.75) is 32.1 Å². The van der Waals surface area contributed by atoms with Crippen molar-refractivity contribution in [1.29, 1.82) is 0 Å². The van der Waals surface area contributed by atoms with Gasteiger partial charge in [0, 0.05) is 18.2 Å². The molecule has 96 valence electrons. The molecular formula is C11H14F3NO2. The Morgan fingerprint density at radius 2 is 1.94 bits per heavy atom. The largest absolute Gasteiger partial charge is 0.504 e. The second kappa shape index (κ2) is 5.27. The van der Waals surface area contributed by atoms with Gasteiger partial charge in [0.05, 0.1) is 6.42 Å². The fourth-order valence-electron chi connectivity index (χ4n) is 1.42. The molecule has 0 saturated heterocycles. The van der Waals surface area contributed by atoms with Crippen LogP contribution in [0.15, 0.2) is 18.2 Å². The first-order valence-electron chi connectivity index (χ1n) is 5.09. The highest BCUT2D eigenvalue weighted by atomic mass is 19.4. The molecule has 6 heteroatoms.